The van der Waals surface area contributed by atoms with Gasteiger partial charge >= 0.3 is 12.1 Å². The van der Waals surface area contributed by atoms with Crippen molar-refractivity contribution in [3.8, 4) is 11.3 Å². The van der Waals surface area contributed by atoms with Gasteiger partial charge in [0.25, 0.3) is 0 Å². The molecule has 8 nitrogen and oxygen atoms in total. The Bertz CT molecular complexity index is 1020. The fourth-order valence-corrected chi connectivity index (χ4v) is 4.47. The lowest BCUT2D eigenvalue weighted by Crippen LogP contribution is -2.39. The smallest absolute Gasteiger partial charge is 0.414 e. The van der Waals surface area contributed by atoms with Crippen LogP contribution in [0.25, 0.3) is 11.3 Å². The molecule has 1 aromatic heterocycles. The summed E-state index contributed by atoms with van der Waals surface area (Å²) in [4.78, 5) is 34.3. The summed E-state index contributed by atoms with van der Waals surface area (Å²) in [7, 11) is 1.40. The number of amides is 1. The van der Waals surface area contributed by atoms with Crippen LogP contribution in [0, 0.1) is 11.2 Å². The molecule has 2 heterocycles. The van der Waals surface area contributed by atoms with E-state index in [9.17, 15) is 14.0 Å². The van der Waals surface area contributed by atoms with Gasteiger partial charge in [0.15, 0.2) is 5.82 Å². The molecule has 0 bridgehead atoms. The van der Waals surface area contributed by atoms with E-state index in [0.717, 1.165) is 31.9 Å². The Morgan fingerprint density at radius 2 is 2.22 bits per heavy atom. The fourth-order valence-electron chi connectivity index (χ4n) is 4.47. The molecular weight excluding hydrogens is 415 g/mol. The van der Waals surface area contributed by atoms with E-state index in [4.69, 9.17) is 9.47 Å². The third-order valence-corrected chi connectivity index (χ3v) is 6.14. The lowest BCUT2D eigenvalue weighted by molar-refractivity contribution is -0.153. The zero-order valence-corrected chi connectivity index (χ0v) is 18.3. The molecule has 1 aliphatic carbocycles. The van der Waals surface area contributed by atoms with Crippen LogP contribution >= 0.6 is 0 Å². The number of esters is 1. The van der Waals surface area contributed by atoms with Crippen LogP contribution in [-0.2, 0) is 14.3 Å². The predicted molar refractivity (Wildman–Crippen MR) is 117 cm³/mol. The highest BCUT2D eigenvalue weighted by Crippen LogP contribution is 2.38. The van der Waals surface area contributed by atoms with Crippen LogP contribution in [0.15, 0.2) is 30.5 Å². The molecule has 1 aromatic carbocycles. The fraction of sp³-hybridized carbons (Fsp3) is 0.478. The minimum Gasteiger partial charge on any atom is -0.469 e. The maximum absolute atomic E-state index is 14.6. The average Bonchev–Trinajstić information content (AvgIpc) is 2.80. The van der Waals surface area contributed by atoms with Gasteiger partial charge in [0.1, 0.15) is 5.69 Å². The summed E-state index contributed by atoms with van der Waals surface area (Å²) in [5.74, 6) is -0.488. The summed E-state index contributed by atoms with van der Waals surface area (Å²) in [5, 5.41) is 3.26. The number of ether oxygens (including phenoxy) is 2. The van der Waals surface area contributed by atoms with Crippen molar-refractivity contribution < 1.29 is 23.5 Å². The number of aromatic nitrogens is 2. The van der Waals surface area contributed by atoms with E-state index in [1.807, 2.05) is 6.92 Å². The number of hydrogen-bond acceptors (Lipinski definition) is 7. The standard InChI is InChI=1S/C23H27FN4O4/c1-23(20(29)31-2)9-4-7-16(13-23)26-21-25-14-18(24)19(27-21)15-6-3-8-17(12-15)28-10-5-11-32-22(28)30/h3,6,8,12,14,16H,4-5,7,9-11,13H2,1-2H3,(H,25,26,27)/t16-,23+/m0/s1. The molecule has 1 aliphatic heterocycles. The molecule has 0 spiro atoms. The van der Waals surface area contributed by atoms with Gasteiger partial charge in [-0.2, -0.15) is 0 Å². The van der Waals surface area contributed by atoms with Gasteiger partial charge < -0.3 is 14.8 Å². The molecule has 1 saturated heterocycles. The third kappa shape index (κ3) is 4.51. The Morgan fingerprint density at radius 1 is 1.38 bits per heavy atom. The Labute approximate surface area is 186 Å². The number of halogens is 1. The van der Waals surface area contributed by atoms with Gasteiger partial charge in [-0.25, -0.2) is 19.2 Å². The summed E-state index contributed by atoms with van der Waals surface area (Å²) >= 11 is 0. The normalized spacial score (nSPS) is 23.4. The monoisotopic (exact) mass is 442 g/mol. The van der Waals surface area contributed by atoms with Gasteiger partial charge in [-0.3, -0.25) is 9.69 Å². The van der Waals surface area contributed by atoms with Crippen molar-refractivity contribution in [3.63, 3.8) is 0 Å². The van der Waals surface area contributed by atoms with Crippen molar-refractivity contribution in [1.82, 2.24) is 9.97 Å². The quantitative estimate of drug-likeness (QED) is 0.695. The number of benzene rings is 1. The van der Waals surface area contributed by atoms with E-state index in [2.05, 4.69) is 15.3 Å². The highest BCUT2D eigenvalue weighted by atomic mass is 19.1. The first-order chi connectivity index (χ1) is 15.4. The Balaban J connectivity index is 1.55. The van der Waals surface area contributed by atoms with Gasteiger partial charge in [0.2, 0.25) is 5.95 Å². The molecule has 170 valence electrons. The number of carbonyl (C=O) groups is 2. The molecule has 1 saturated carbocycles. The second-order valence-electron chi connectivity index (χ2n) is 8.55. The van der Waals surface area contributed by atoms with Crippen molar-refractivity contribution in [2.24, 2.45) is 5.41 Å². The molecule has 2 aliphatic rings. The van der Waals surface area contributed by atoms with Crippen LogP contribution in [0.4, 0.5) is 20.8 Å². The molecule has 2 fully saturated rings. The number of hydrogen-bond donors (Lipinski definition) is 1. The predicted octanol–water partition coefficient (Wildman–Crippen LogP) is 4.16. The van der Waals surface area contributed by atoms with Crippen molar-refractivity contribution >= 4 is 23.7 Å². The topological polar surface area (TPSA) is 93.6 Å². The van der Waals surface area contributed by atoms with Crippen LogP contribution in [-0.4, -0.2) is 48.3 Å². The molecular formula is C23H27FN4O4. The molecule has 0 radical (unpaired) electrons. The van der Waals surface area contributed by atoms with Crippen molar-refractivity contribution in [2.45, 2.75) is 45.1 Å². The van der Waals surface area contributed by atoms with Crippen molar-refractivity contribution in [3.05, 3.63) is 36.3 Å². The zero-order chi connectivity index (χ0) is 22.7. The zero-order valence-electron chi connectivity index (χ0n) is 18.3. The molecule has 2 atom stereocenters. The first kappa shape index (κ1) is 22.0. The molecule has 1 N–H and O–H groups in total. The average molecular weight is 442 g/mol. The number of nitrogens with one attached hydrogen (secondary N) is 1. The Kier molecular flexibility index (Phi) is 6.25. The van der Waals surface area contributed by atoms with Gasteiger partial charge in [0.05, 0.1) is 25.3 Å². The number of carbonyl (C=O) groups excluding carboxylic acids is 2. The summed E-state index contributed by atoms with van der Waals surface area (Å²) < 4.78 is 24.7. The van der Waals surface area contributed by atoms with E-state index in [0.29, 0.717) is 36.8 Å². The summed E-state index contributed by atoms with van der Waals surface area (Å²) in [5.41, 5.74) is 0.735. The Morgan fingerprint density at radius 3 is 3.00 bits per heavy atom. The minimum absolute atomic E-state index is 0.0272. The summed E-state index contributed by atoms with van der Waals surface area (Å²) in [6.45, 7) is 2.85. The maximum atomic E-state index is 14.6. The van der Waals surface area contributed by atoms with E-state index >= 15 is 0 Å². The Hall–Kier alpha value is -3.23. The molecule has 2 aromatic rings. The van der Waals surface area contributed by atoms with Gasteiger partial charge in [-0.05, 0) is 44.7 Å². The largest absolute Gasteiger partial charge is 0.469 e. The maximum Gasteiger partial charge on any atom is 0.414 e. The van der Waals surface area contributed by atoms with Crippen LogP contribution in [0.2, 0.25) is 0 Å². The van der Waals surface area contributed by atoms with Crippen LogP contribution in [0.3, 0.4) is 0 Å². The van der Waals surface area contributed by atoms with Crippen LogP contribution in [0.5, 0.6) is 0 Å². The second kappa shape index (κ2) is 9.10. The van der Waals surface area contributed by atoms with Gasteiger partial charge in [-0.15, -0.1) is 0 Å². The molecule has 32 heavy (non-hydrogen) atoms. The van der Waals surface area contributed by atoms with E-state index in [-0.39, 0.29) is 17.7 Å². The van der Waals surface area contributed by atoms with Crippen molar-refractivity contribution in [1.29, 1.82) is 0 Å². The number of rotatable bonds is 5. The van der Waals surface area contributed by atoms with Gasteiger partial charge in [-0.1, -0.05) is 18.6 Å². The third-order valence-electron chi connectivity index (χ3n) is 6.14. The molecule has 9 heteroatoms. The molecule has 4 rings (SSSR count). The van der Waals surface area contributed by atoms with Crippen molar-refractivity contribution in [2.75, 3.05) is 30.5 Å². The summed E-state index contributed by atoms with van der Waals surface area (Å²) in [6.07, 6.45) is 4.53. The first-order valence-corrected chi connectivity index (χ1v) is 10.8. The molecule has 1 amide bonds. The minimum atomic E-state index is -0.565. The highest BCUT2D eigenvalue weighted by molar-refractivity contribution is 5.89. The van der Waals surface area contributed by atoms with E-state index < -0.39 is 17.3 Å². The SMILES string of the molecule is COC(=O)[C@]1(C)CCC[C@H](Nc2ncc(F)c(-c3cccc(N4CCCOC4=O)c3)n2)C1. The van der Waals surface area contributed by atoms with Crippen LogP contribution < -0.4 is 10.2 Å². The highest BCUT2D eigenvalue weighted by Gasteiger charge is 2.39. The lowest BCUT2D eigenvalue weighted by Gasteiger charge is -2.36. The van der Waals surface area contributed by atoms with E-state index in [1.54, 1.807) is 24.3 Å². The van der Waals surface area contributed by atoms with Gasteiger partial charge in [0, 0.05) is 23.8 Å². The number of cyclic esters (lactones) is 1. The summed E-state index contributed by atoms with van der Waals surface area (Å²) in [6, 6.07) is 6.97. The van der Waals surface area contributed by atoms with E-state index in [1.165, 1.54) is 12.0 Å². The lowest BCUT2D eigenvalue weighted by atomic mass is 9.73. The number of anilines is 2. The number of nitrogens with zero attached hydrogens (tertiary/aromatic N) is 3. The number of methoxy groups -OCH3 is 1. The first-order valence-electron chi connectivity index (χ1n) is 10.8. The van der Waals surface area contributed by atoms with Crippen LogP contribution in [0.1, 0.15) is 39.0 Å². The second-order valence-corrected chi connectivity index (χ2v) is 8.55. The molecule has 0 unspecified atom stereocenters.